The molecule has 0 bridgehead atoms. The Labute approximate surface area is 151 Å². The van der Waals surface area contributed by atoms with Crippen LogP contribution >= 0.6 is 0 Å². The SMILES string of the molecule is CCOC(=O)CCNC(=O)N[C@]1(c2ccc(C(=N)N)cc2)CCNC1=O. The summed E-state index contributed by atoms with van der Waals surface area (Å²) in [5.41, 5.74) is 5.36. The molecular weight excluding hydrogens is 338 g/mol. The molecule has 1 atom stereocenters. The summed E-state index contributed by atoms with van der Waals surface area (Å²) in [4.78, 5) is 36.0. The molecule has 0 aromatic heterocycles. The molecule has 0 aliphatic carbocycles. The van der Waals surface area contributed by atoms with Crippen LogP contribution in [0.1, 0.15) is 30.9 Å². The van der Waals surface area contributed by atoms with Gasteiger partial charge >= 0.3 is 12.0 Å². The fraction of sp³-hybridized carbons (Fsp3) is 0.412. The molecule has 0 radical (unpaired) electrons. The minimum atomic E-state index is -1.21. The van der Waals surface area contributed by atoms with Crippen LogP contribution in [-0.4, -0.2) is 43.4 Å². The number of ether oxygens (including phenoxy) is 1. The highest BCUT2D eigenvalue weighted by molar-refractivity contribution is 5.96. The number of amidine groups is 1. The van der Waals surface area contributed by atoms with Crippen molar-refractivity contribution in [3.8, 4) is 0 Å². The molecule has 9 nitrogen and oxygen atoms in total. The van der Waals surface area contributed by atoms with Crippen LogP contribution in [0.25, 0.3) is 0 Å². The second kappa shape index (κ2) is 8.32. The summed E-state index contributed by atoms with van der Waals surface area (Å²) in [6, 6.07) is 6.04. The molecule has 1 heterocycles. The third-order valence-electron chi connectivity index (χ3n) is 4.11. The molecule has 6 N–H and O–H groups in total. The number of nitrogen functional groups attached to an aromatic ring is 1. The fourth-order valence-electron chi connectivity index (χ4n) is 2.78. The molecule has 0 saturated carbocycles. The zero-order valence-electron chi connectivity index (χ0n) is 14.6. The van der Waals surface area contributed by atoms with Crippen LogP contribution < -0.4 is 21.7 Å². The number of rotatable bonds is 7. The van der Waals surface area contributed by atoms with Crippen LogP contribution in [-0.2, 0) is 19.9 Å². The molecule has 1 aromatic rings. The number of hydrogen-bond donors (Lipinski definition) is 5. The molecule has 2 rings (SSSR count). The second-order valence-corrected chi connectivity index (χ2v) is 5.84. The zero-order chi connectivity index (χ0) is 19.2. The Bertz CT molecular complexity index is 704. The van der Waals surface area contributed by atoms with Gasteiger partial charge in [-0.15, -0.1) is 0 Å². The minimum Gasteiger partial charge on any atom is -0.466 e. The van der Waals surface area contributed by atoms with Crippen molar-refractivity contribution in [2.45, 2.75) is 25.3 Å². The molecule has 3 amide bonds. The zero-order valence-corrected chi connectivity index (χ0v) is 14.6. The average molecular weight is 361 g/mol. The van der Waals surface area contributed by atoms with Crippen LogP contribution in [0.5, 0.6) is 0 Å². The summed E-state index contributed by atoms with van der Waals surface area (Å²) < 4.78 is 4.79. The molecule has 1 saturated heterocycles. The lowest BCUT2D eigenvalue weighted by atomic mass is 9.87. The van der Waals surface area contributed by atoms with Crippen LogP contribution in [0, 0.1) is 5.41 Å². The predicted molar refractivity (Wildman–Crippen MR) is 94.5 cm³/mol. The number of carbonyl (C=O) groups is 3. The third kappa shape index (κ3) is 4.29. The average Bonchev–Trinajstić information content (AvgIpc) is 2.96. The lowest BCUT2D eigenvalue weighted by Gasteiger charge is -2.28. The van der Waals surface area contributed by atoms with Crippen molar-refractivity contribution in [1.82, 2.24) is 16.0 Å². The van der Waals surface area contributed by atoms with Gasteiger partial charge in [-0.2, -0.15) is 0 Å². The molecule has 1 aromatic carbocycles. The fourth-order valence-corrected chi connectivity index (χ4v) is 2.78. The van der Waals surface area contributed by atoms with Crippen LogP contribution in [0.3, 0.4) is 0 Å². The first-order chi connectivity index (χ1) is 12.4. The monoisotopic (exact) mass is 361 g/mol. The van der Waals surface area contributed by atoms with E-state index in [0.29, 0.717) is 24.1 Å². The molecule has 1 fully saturated rings. The van der Waals surface area contributed by atoms with Crippen molar-refractivity contribution < 1.29 is 19.1 Å². The Kier molecular flexibility index (Phi) is 6.16. The van der Waals surface area contributed by atoms with Gasteiger partial charge in [0.15, 0.2) is 0 Å². The van der Waals surface area contributed by atoms with Gasteiger partial charge in [-0.05, 0) is 12.5 Å². The minimum absolute atomic E-state index is 0.0494. The summed E-state index contributed by atoms with van der Waals surface area (Å²) in [5, 5.41) is 15.4. The van der Waals surface area contributed by atoms with Crippen molar-refractivity contribution in [3.63, 3.8) is 0 Å². The van der Waals surface area contributed by atoms with Crippen molar-refractivity contribution in [1.29, 1.82) is 5.41 Å². The maximum atomic E-state index is 12.4. The molecule has 9 heteroatoms. The molecule has 0 spiro atoms. The molecule has 0 unspecified atom stereocenters. The summed E-state index contributed by atoms with van der Waals surface area (Å²) in [5.74, 6) is -0.791. The van der Waals surface area contributed by atoms with Crippen LogP contribution in [0.15, 0.2) is 24.3 Å². The van der Waals surface area contributed by atoms with E-state index in [4.69, 9.17) is 15.9 Å². The standard InChI is InChI=1S/C17H23N5O4/c1-2-26-13(23)7-9-21-16(25)22-17(8-10-20-15(17)24)12-5-3-11(4-6-12)14(18)19/h3-6H,2,7-10H2,1H3,(H3,18,19)(H,20,24)(H2,21,22,25)/t17-/m0/s1. The Morgan fingerprint density at radius 2 is 2.04 bits per heavy atom. The Morgan fingerprint density at radius 1 is 1.35 bits per heavy atom. The van der Waals surface area contributed by atoms with Crippen LogP contribution in [0.2, 0.25) is 0 Å². The van der Waals surface area contributed by atoms with E-state index in [2.05, 4.69) is 16.0 Å². The Morgan fingerprint density at radius 3 is 2.58 bits per heavy atom. The van der Waals surface area contributed by atoms with Crippen LogP contribution in [0.4, 0.5) is 4.79 Å². The molecule has 1 aliphatic rings. The van der Waals surface area contributed by atoms with E-state index in [-0.39, 0.29) is 31.3 Å². The number of carbonyl (C=O) groups excluding carboxylic acids is 3. The number of urea groups is 1. The number of nitrogens with two attached hydrogens (primary N) is 1. The van der Waals surface area contributed by atoms with Gasteiger partial charge in [-0.3, -0.25) is 15.0 Å². The third-order valence-corrected chi connectivity index (χ3v) is 4.11. The molecule has 1 aliphatic heterocycles. The van der Waals surface area contributed by atoms with Gasteiger partial charge in [0.05, 0.1) is 13.0 Å². The maximum Gasteiger partial charge on any atom is 0.315 e. The van der Waals surface area contributed by atoms with E-state index >= 15 is 0 Å². The van der Waals surface area contributed by atoms with Gasteiger partial charge < -0.3 is 26.4 Å². The van der Waals surface area contributed by atoms with Gasteiger partial charge in [0.25, 0.3) is 5.91 Å². The Hall–Kier alpha value is -3.10. The smallest absolute Gasteiger partial charge is 0.315 e. The molecule has 26 heavy (non-hydrogen) atoms. The summed E-state index contributed by atoms with van der Waals surface area (Å²) in [7, 11) is 0. The second-order valence-electron chi connectivity index (χ2n) is 5.84. The van der Waals surface area contributed by atoms with E-state index in [0.717, 1.165) is 0 Å². The number of hydrogen-bond acceptors (Lipinski definition) is 5. The van der Waals surface area contributed by atoms with E-state index in [1.807, 2.05) is 0 Å². The largest absolute Gasteiger partial charge is 0.466 e. The number of amides is 3. The van der Waals surface area contributed by atoms with Crippen molar-refractivity contribution in [2.75, 3.05) is 19.7 Å². The summed E-state index contributed by atoms with van der Waals surface area (Å²) in [6.07, 6.45) is 0.435. The quantitative estimate of drug-likeness (QED) is 0.262. The highest BCUT2D eigenvalue weighted by Crippen LogP contribution is 2.29. The molecule has 140 valence electrons. The maximum absolute atomic E-state index is 12.4. The topological polar surface area (TPSA) is 146 Å². The van der Waals surface area contributed by atoms with Crippen molar-refractivity contribution in [2.24, 2.45) is 5.73 Å². The van der Waals surface area contributed by atoms with Gasteiger partial charge in [-0.25, -0.2) is 4.79 Å². The number of esters is 1. The highest BCUT2D eigenvalue weighted by Gasteiger charge is 2.45. The Balaban J connectivity index is 2.07. The van der Waals surface area contributed by atoms with Crippen molar-refractivity contribution >= 4 is 23.7 Å². The first-order valence-electron chi connectivity index (χ1n) is 8.34. The lowest BCUT2D eigenvalue weighted by molar-refractivity contribution is -0.142. The summed E-state index contributed by atoms with van der Waals surface area (Å²) in [6.45, 7) is 2.52. The number of nitrogens with one attached hydrogen (secondary N) is 4. The first-order valence-corrected chi connectivity index (χ1v) is 8.34. The highest BCUT2D eigenvalue weighted by atomic mass is 16.5. The van der Waals surface area contributed by atoms with Gasteiger partial charge in [0.1, 0.15) is 11.4 Å². The van der Waals surface area contributed by atoms with E-state index in [9.17, 15) is 14.4 Å². The lowest BCUT2D eigenvalue weighted by Crippen LogP contribution is -2.54. The van der Waals surface area contributed by atoms with E-state index in [1.54, 1.807) is 31.2 Å². The van der Waals surface area contributed by atoms with E-state index in [1.165, 1.54) is 0 Å². The first kappa shape index (κ1) is 19.2. The number of benzene rings is 1. The predicted octanol–water partition coefficient (Wildman–Crippen LogP) is -0.0617. The van der Waals surface area contributed by atoms with E-state index < -0.39 is 17.5 Å². The normalized spacial score (nSPS) is 18.7. The van der Waals surface area contributed by atoms with Gasteiger partial charge in [-0.1, -0.05) is 24.3 Å². The van der Waals surface area contributed by atoms with Gasteiger partial charge in [0, 0.05) is 25.1 Å². The molecular formula is C17H23N5O4. The van der Waals surface area contributed by atoms with Crippen molar-refractivity contribution in [3.05, 3.63) is 35.4 Å². The van der Waals surface area contributed by atoms with Gasteiger partial charge in [0.2, 0.25) is 0 Å². The summed E-state index contributed by atoms with van der Waals surface area (Å²) >= 11 is 0.